The summed E-state index contributed by atoms with van der Waals surface area (Å²) in [4.78, 5) is 22.7. The first kappa shape index (κ1) is 15.1. The summed E-state index contributed by atoms with van der Waals surface area (Å²) in [5.41, 5.74) is 5.64. The Labute approximate surface area is 144 Å². The molecule has 3 aromatic carbocycles. The zero-order valence-electron chi connectivity index (χ0n) is 13.2. The number of carbonyl (C=O) groups excluding carboxylic acids is 1. The van der Waals surface area contributed by atoms with Gasteiger partial charge in [0.1, 0.15) is 0 Å². The van der Waals surface area contributed by atoms with Gasteiger partial charge in [-0.15, -0.1) is 0 Å². The van der Waals surface area contributed by atoms with Gasteiger partial charge in [-0.25, -0.2) is 0 Å². The molecule has 5 heteroatoms. The van der Waals surface area contributed by atoms with Gasteiger partial charge in [0, 0.05) is 23.4 Å². The maximum atomic E-state index is 12.4. The molecule has 0 radical (unpaired) electrons. The number of amides is 1. The number of rotatable bonds is 3. The van der Waals surface area contributed by atoms with Gasteiger partial charge in [-0.2, -0.15) is 0 Å². The van der Waals surface area contributed by atoms with Crippen LogP contribution in [0.15, 0.2) is 66.7 Å². The summed E-state index contributed by atoms with van der Waals surface area (Å²) in [6, 6.07) is 19.7. The maximum absolute atomic E-state index is 12.4. The molecule has 1 aliphatic rings. The summed E-state index contributed by atoms with van der Waals surface area (Å²) in [7, 11) is 0. The Morgan fingerprint density at radius 1 is 0.920 bits per heavy atom. The number of nitro groups is 1. The van der Waals surface area contributed by atoms with Crippen LogP contribution < -0.4 is 5.32 Å². The van der Waals surface area contributed by atoms with Crippen LogP contribution in [0.5, 0.6) is 0 Å². The molecule has 25 heavy (non-hydrogen) atoms. The Morgan fingerprint density at radius 3 is 2.56 bits per heavy atom. The zero-order chi connectivity index (χ0) is 17.4. The average Bonchev–Trinajstić information content (AvgIpc) is 3.00. The molecule has 0 atom stereocenters. The van der Waals surface area contributed by atoms with Gasteiger partial charge in [0.2, 0.25) is 0 Å². The van der Waals surface area contributed by atoms with Crippen molar-refractivity contribution in [2.75, 3.05) is 5.32 Å². The van der Waals surface area contributed by atoms with Gasteiger partial charge in [-0.3, -0.25) is 14.9 Å². The molecule has 0 aliphatic heterocycles. The minimum Gasteiger partial charge on any atom is -0.322 e. The third-order valence-electron chi connectivity index (χ3n) is 4.38. The van der Waals surface area contributed by atoms with Crippen molar-refractivity contribution in [1.29, 1.82) is 0 Å². The predicted octanol–water partition coefficient (Wildman–Crippen LogP) is 4.42. The second kappa shape index (κ2) is 5.87. The summed E-state index contributed by atoms with van der Waals surface area (Å²) >= 11 is 0. The Hall–Kier alpha value is -3.47. The van der Waals surface area contributed by atoms with Crippen molar-refractivity contribution in [2.24, 2.45) is 0 Å². The van der Waals surface area contributed by atoms with Gasteiger partial charge in [0.15, 0.2) is 0 Å². The Kier molecular flexibility index (Phi) is 3.54. The van der Waals surface area contributed by atoms with Crippen LogP contribution in [0, 0.1) is 10.1 Å². The van der Waals surface area contributed by atoms with E-state index in [-0.39, 0.29) is 17.2 Å². The van der Waals surface area contributed by atoms with Gasteiger partial charge >= 0.3 is 0 Å². The van der Waals surface area contributed by atoms with Crippen molar-refractivity contribution in [1.82, 2.24) is 0 Å². The summed E-state index contributed by atoms with van der Waals surface area (Å²) < 4.78 is 0. The van der Waals surface area contributed by atoms with Crippen molar-refractivity contribution in [2.45, 2.75) is 6.42 Å². The highest BCUT2D eigenvalue weighted by Crippen LogP contribution is 2.37. The van der Waals surface area contributed by atoms with E-state index in [0.717, 1.165) is 12.0 Å². The largest absolute Gasteiger partial charge is 0.322 e. The molecule has 1 N–H and O–H groups in total. The summed E-state index contributed by atoms with van der Waals surface area (Å²) in [5.74, 6) is -0.366. The molecule has 5 nitrogen and oxygen atoms in total. The highest BCUT2D eigenvalue weighted by atomic mass is 16.6. The highest BCUT2D eigenvalue weighted by molar-refractivity contribution is 6.05. The summed E-state index contributed by atoms with van der Waals surface area (Å²) in [5, 5.41) is 13.7. The highest BCUT2D eigenvalue weighted by Gasteiger charge is 2.18. The van der Waals surface area contributed by atoms with E-state index in [4.69, 9.17) is 0 Å². The van der Waals surface area contributed by atoms with E-state index < -0.39 is 4.92 Å². The number of benzene rings is 3. The van der Waals surface area contributed by atoms with E-state index in [2.05, 4.69) is 17.4 Å². The molecule has 1 amide bonds. The van der Waals surface area contributed by atoms with Gasteiger partial charge in [0.25, 0.3) is 11.6 Å². The van der Waals surface area contributed by atoms with Crippen molar-refractivity contribution in [3.8, 4) is 11.1 Å². The van der Waals surface area contributed by atoms with Crippen LogP contribution in [0.25, 0.3) is 11.1 Å². The Morgan fingerprint density at radius 2 is 1.72 bits per heavy atom. The quantitative estimate of drug-likeness (QED) is 0.446. The van der Waals surface area contributed by atoms with E-state index in [0.29, 0.717) is 5.69 Å². The molecule has 0 saturated heterocycles. The molecule has 0 bridgehead atoms. The second-order valence-corrected chi connectivity index (χ2v) is 5.97. The van der Waals surface area contributed by atoms with E-state index in [1.54, 1.807) is 6.07 Å². The monoisotopic (exact) mass is 330 g/mol. The lowest BCUT2D eigenvalue weighted by Crippen LogP contribution is -2.12. The molecule has 0 spiro atoms. The van der Waals surface area contributed by atoms with E-state index in [1.807, 2.05) is 30.3 Å². The molecule has 0 fully saturated rings. The molecule has 3 aromatic rings. The van der Waals surface area contributed by atoms with Crippen molar-refractivity contribution in [3.05, 3.63) is 93.5 Å². The SMILES string of the molecule is O=C(Nc1ccc2c(c1)-c1ccccc1C2)c1cccc([N+](=O)[O-])c1. The first-order chi connectivity index (χ1) is 12.1. The lowest BCUT2D eigenvalue weighted by atomic mass is 10.1. The minimum absolute atomic E-state index is 0.101. The molecule has 4 rings (SSSR count). The maximum Gasteiger partial charge on any atom is 0.270 e. The molecule has 0 aromatic heterocycles. The third kappa shape index (κ3) is 2.76. The van der Waals surface area contributed by atoms with Gasteiger partial charge in [-0.1, -0.05) is 36.4 Å². The number of anilines is 1. The normalized spacial score (nSPS) is 11.5. The molecule has 122 valence electrons. The Balaban J connectivity index is 1.62. The fourth-order valence-corrected chi connectivity index (χ4v) is 3.17. The number of carbonyl (C=O) groups is 1. The van der Waals surface area contributed by atoms with E-state index in [9.17, 15) is 14.9 Å². The van der Waals surface area contributed by atoms with Crippen LogP contribution in [0.3, 0.4) is 0 Å². The lowest BCUT2D eigenvalue weighted by molar-refractivity contribution is -0.384. The van der Waals surface area contributed by atoms with E-state index in [1.165, 1.54) is 34.9 Å². The fourth-order valence-electron chi connectivity index (χ4n) is 3.17. The van der Waals surface area contributed by atoms with Gasteiger partial charge in [-0.05, 0) is 46.9 Å². The number of hydrogen-bond acceptors (Lipinski definition) is 3. The van der Waals surface area contributed by atoms with Gasteiger partial charge in [0.05, 0.1) is 4.92 Å². The fraction of sp³-hybridized carbons (Fsp3) is 0.0500. The van der Waals surface area contributed by atoms with Crippen LogP contribution in [-0.4, -0.2) is 10.8 Å². The summed E-state index contributed by atoms with van der Waals surface area (Å²) in [6.45, 7) is 0. The van der Waals surface area contributed by atoms with Crippen molar-refractivity contribution < 1.29 is 9.72 Å². The molecular formula is C20H14N2O3. The molecule has 0 heterocycles. The van der Waals surface area contributed by atoms with Crippen LogP contribution in [0.4, 0.5) is 11.4 Å². The zero-order valence-corrected chi connectivity index (χ0v) is 13.2. The van der Waals surface area contributed by atoms with E-state index >= 15 is 0 Å². The average molecular weight is 330 g/mol. The number of nitrogens with zero attached hydrogens (tertiary/aromatic N) is 1. The van der Waals surface area contributed by atoms with Gasteiger partial charge < -0.3 is 5.32 Å². The van der Waals surface area contributed by atoms with Crippen molar-refractivity contribution in [3.63, 3.8) is 0 Å². The van der Waals surface area contributed by atoms with Crippen LogP contribution >= 0.6 is 0 Å². The molecule has 0 unspecified atom stereocenters. The first-order valence-corrected chi connectivity index (χ1v) is 7.89. The predicted molar refractivity (Wildman–Crippen MR) is 95.7 cm³/mol. The third-order valence-corrected chi connectivity index (χ3v) is 4.38. The minimum atomic E-state index is -0.511. The molecule has 1 aliphatic carbocycles. The van der Waals surface area contributed by atoms with Crippen LogP contribution in [-0.2, 0) is 6.42 Å². The number of nitro benzene ring substituents is 1. The molecule has 0 saturated carbocycles. The smallest absolute Gasteiger partial charge is 0.270 e. The molecular weight excluding hydrogens is 316 g/mol. The number of non-ortho nitro benzene ring substituents is 1. The lowest BCUT2D eigenvalue weighted by Gasteiger charge is -2.08. The van der Waals surface area contributed by atoms with Crippen LogP contribution in [0.1, 0.15) is 21.5 Å². The van der Waals surface area contributed by atoms with Crippen molar-refractivity contribution >= 4 is 17.3 Å². The standard InChI is InChI=1S/C20H14N2O3/c23-20(15-5-3-6-17(11-15)22(24)25)21-16-9-8-14-10-13-4-1-2-7-18(13)19(14)12-16/h1-9,11-12H,10H2,(H,21,23). The second-order valence-electron chi connectivity index (χ2n) is 5.97. The first-order valence-electron chi connectivity index (χ1n) is 7.89. The summed E-state index contributed by atoms with van der Waals surface area (Å²) in [6.07, 6.45) is 0.893. The topological polar surface area (TPSA) is 72.2 Å². The Bertz CT molecular complexity index is 1010. The number of hydrogen-bond donors (Lipinski definition) is 1. The van der Waals surface area contributed by atoms with Crippen LogP contribution in [0.2, 0.25) is 0 Å². The number of fused-ring (bicyclic) bond motifs is 3. The number of nitrogens with one attached hydrogen (secondary N) is 1.